The van der Waals surface area contributed by atoms with E-state index in [1.54, 1.807) is 0 Å². The van der Waals surface area contributed by atoms with Gasteiger partial charge in [-0.3, -0.25) is 4.79 Å². The van der Waals surface area contributed by atoms with Crippen LogP contribution in [0.15, 0.2) is 0 Å². The Balaban J connectivity index is 2.54. The molecule has 0 aromatic rings. The van der Waals surface area contributed by atoms with E-state index in [2.05, 4.69) is 4.90 Å². The lowest BCUT2D eigenvalue weighted by molar-refractivity contribution is -0.142. The van der Waals surface area contributed by atoms with E-state index < -0.39 is 0 Å². The van der Waals surface area contributed by atoms with Crippen molar-refractivity contribution in [1.82, 2.24) is 4.90 Å². The van der Waals surface area contributed by atoms with E-state index in [1.807, 2.05) is 20.8 Å². The summed E-state index contributed by atoms with van der Waals surface area (Å²) in [7, 11) is 0. The zero-order valence-corrected chi connectivity index (χ0v) is 13.5. The average Bonchev–Trinajstić information content (AvgIpc) is 2.42. The van der Waals surface area contributed by atoms with Crippen LogP contribution in [0.4, 0.5) is 0 Å². The van der Waals surface area contributed by atoms with Crippen LogP contribution in [0.2, 0.25) is 0 Å². The maximum absolute atomic E-state index is 12.7. The van der Waals surface area contributed by atoms with Gasteiger partial charge in [0.05, 0.1) is 0 Å². The maximum Gasteiger partial charge on any atom is 0.228 e. The topological polar surface area (TPSA) is 37.4 Å². The predicted molar refractivity (Wildman–Crippen MR) is 82.6 cm³/mol. The van der Waals surface area contributed by atoms with Crippen LogP contribution < -0.4 is 0 Å². The molecule has 1 aliphatic rings. The number of carbonyl (C=O) groups is 2. The van der Waals surface area contributed by atoms with Crippen molar-refractivity contribution in [3.63, 3.8) is 0 Å². The molecule has 0 aromatic heterocycles. The number of hydrogen-bond acceptors (Lipinski definition) is 2. The minimum atomic E-state index is -0.291. The molecule has 1 amide bonds. The highest BCUT2D eigenvalue weighted by atomic mass is 16.2. The molecule has 0 N–H and O–H groups in total. The summed E-state index contributed by atoms with van der Waals surface area (Å²) in [6.07, 6.45) is 10.8. The molecule has 20 heavy (non-hydrogen) atoms. The Labute approximate surface area is 124 Å². The lowest BCUT2D eigenvalue weighted by Crippen LogP contribution is -2.47. The Hall–Kier alpha value is -0.860. The van der Waals surface area contributed by atoms with Crippen molar-refractivity contribution in [1.29, 1.82) is 0 Å². The predicted octanol–water partition coefficient (Wildman–Crippen LogP) is 3.95. The quantitative estimate of drug-likeness (QED) is 0.523. The minimum absolute atomic E-state index is 0.291. The molecule has 3 heteroatoms. The largest absolute Gasteiger partial charge is 0.339 e. The highest BCUT2D eigenvalue weighted by Crippen LogP contribution is 2.27. The minimum Gasteiger partial charge on any atom is -0.339 e. The summed E-state index contributed by atoms with van der Waals surface area (Å²) >= 11 is 0. The van der Waals surface area contributed by atoms with E-state index in [9.17, 15) is 9.59 Å². The lowest BCUT2D eigenvalue weighted by Gasteiger charge is -2.38. The van der Waals surface area contributed by atoms with E-state index in [0.717, 1.165) is 44.9 Å². The fourth-order valence-corrected chi connectivity index (χ4v) is 2.96. The molecule has 116 valence electrons. The normalized spacial score (nSPS) is 16.9. The highest BCUT2D eigenvalue weighted by Gasteiger charge is 2.32. The van der Waals surface area contributed by atoms with Gasteiger partial charge in [0.2, 0.25) is 5.91 Å². The average molecular weight is 281 g/mol. The van der Waals surface area contributed by atoms with Crippen LogP contribution in [0.3, 0.4) is 0 Å². The SMILES string of the molecule is CC(C)(C)C(=O)N(CCCCCC=O)C1CCCCC1. The molecule has 0 unspecified atom stereocenters. The first-order valence-corrected chi connectivity index (χ1v) is 8.21. The summed E-state index contributed by atoms with van der Waals surface area (Å²) in [6.45, 7) is 6.90. The van der Waals surface area contributed by atoms with E-state index in [4.69, 9.17) is 0 Å². The zero-order valence-electron chi connectivity index (χ0n) is 13.5. The number of aldehydes is 1. The van der Waals surface area contributed by atoms with E-state index in [-0.39, 0.29) is 5.41 Å². The molecule has 0 bridgehead atoms. The molecule has 0 aliphatic heterocycles. The molecule has 3 nitrogen and oxygen atoms in total. The van der Waals surface area contributed by atoms with Crippen LogP contribution in [-0.2, 0) is 9.59 Å². The van der Waals surface area contributed by atoms with Gasteiger partial charge in [0.1, 0.15) is 6.29 Å². The van der Waals surface area contributed by atoms with Gasteiger partial charge < -0.3 is 9.69 Å². The first-order valence-electron chi connectivity index (χ1n) is 8.21. The van der Waals surface area contributed by atoms with Crippen molar-refractivity contribution in [2.24, 2.45) is 5.41 Å². The van der Waals surface area contributed by atoms with Gasteiger partial charge in [-0.1, -0.05) is 46.5 Å². The Kier molecular flexibility index (Phi) is 7.25. The lowest BCUT2D eigenvalue weighted by atomic mass is 9.89. The molecule has 0 aromatic carbocycles. The van der Waals surface area contributed by atoms with Gasteiger partial charge in [0.15, 0.2) is 0 Å². The number of hydrogen-bond donors (Lipinski definition) is 0. The molecule has 0 heterocycles. The number of nitrogens with zero attached hydrogens (tertiary/aromatic N) is 1. The summed E-state index contributed by atoms with van der Waals surface area (Å²) in [6, 6.07) is 0.446. The van der Waals surface area contributed by atoms with Crippen molar-refractivity contribution < 1.29 is 9.59 Å². The maximum atomic E-state index is 12.7. The monoisotopic (exact) mass is 281 g/mol. The van der Waals surface area contributed by atoms with Gasteiger partial charge in [-0.2, -0.15) is 0 Å². The fourth-order valence-electron chi connectivity index (χ4n) is 2.96. The summed E-state index contributed by atoms with van der Waals surface area (Å²) < 4.78 is 0. The number of carbonyl (C=O) groups excluding carboxylic acids is 2. The number of amides is 1. The molecule has 1 rings (SSSR count). The van der Waals surface area contributed by atoms with Gasteiger partial charge in [-0.05, 0) is 25.7 Å². The molecule has 1 saturated carbocycles. The standard InChI is InChI=1S/C17H31NO2/c1-17(2,3)16(20)18(13-9-4-5-10-14-19)15-11-7-6-8-12-15/h14-15H,4-13H2,1-3H3. The molecule has 0 saturated heterocycles. The Bertz CT molecular complexity index is 301. The smallest absolute Gasteiger partial charge is 0.228 e. The summed E-state index contributed by atoms with van der Waals surface area (Å²) in [5.74, 6) is 0.291. The number of rotatable bonds is 7. The third-order valence-electron chi connectivity index (χ3n) is 4.14. The van der Waals surface area contributed by atoms with Gasteiger partial charge in [0.25, 0.3) is 0 Å². The van der Waals surface area contributed by atoms with Crippen LogP contribution in [0, 0.1) is 5.41 Å². The van der Waals surface area contributed by atoms with Crippen molar-refractivity contribution in [2.75, 3.05) is 6.54 Å². The second-order valence-electron chi connectivity index (χ2n) is 7.06. The van der Waals surface area contributed by atoms with E-state index >= 15 is 0 Å². The van der Waals surface area contributed by atoms with Crippen molar-refractivity contribution in [2.45, 2.75) is 84.6 Å². The fraction of sp³-hybridized carbons (Fsp3) is 0.882. The van der Waals surface area contributed by atoms with Gasteiger partial charge in [0, 0.05) is 24.4 Å². The molecule has 0 atom stereocenters. The zero-order chi connectivity index (χ0) is 15.0. The number of unbranched alkanes of at least 4 members (excludes halogenated alkanes) is 3. The van der Waals surface area contributed by atoms with Crippen LogP contribution in [0.1, 0.15) is 78.6 Å². The van der Waals surface area contributed by atoms with Crippen molar-refractivity contribution >= 4 is 12.2 Å². The summed E-state index contributed by atoms with van der Waals surface area (Å²) in [4.78, 5) is 25.1. The highest BCUT2D eigenvalue weighted by molar-refractivity contribution is 5.81. The first-order chi connectivity index (χ1) is 9.46. The Morgan fingerprint density at radius 1 is 1.10 bits per heavy atom. The van der Waals surface area contributed by atoms with Gasteiger partial charge >= 0.3 is 0 Å². The van der Waals surface area contributed by atoms with Crippen molar-refractivity contribution in [3.05, 3.63) is 0 Å². The van der Waals surface area contributed by atoms with Gasteiger partial charge in [-0.25, -0.2) is 0 Å². The molecular formula is C17H31NO2. The third kappa shape index (κ3) is 5.64. The van der Waals surface area contributed by atoms with E-state index in [0.29, 0.717) is 18.4 Å². The van der Waals surface area contributed by atoms with Crippen LogP contribution in [0.25, 0.3) is 0 Å². The summed E-state index contributed by atoms with van der Waals surface area (Å²) in [5, 5.41) is 0. The third-order valence-corrected chi connectivity index (χ3v) is 4.14. The molecule has 0 radical (unpaired) electrons. The summed E-state index contributed by atoms with van der Waals surface area (Å²) in [5.41, 5.74) is -0.291. The first kappa shape index (κ1) is 17.2. The van der Waals surface area contributed by atoms with Gasteiger partial charge in [-0.15, -0.1) is 0 Å². The molecular weight excluding hydrogens is 250 g/mol. The van der Waals surface area contributed by atoms with Crippen LogP contribution in [-0.4, -0.2) is 29.7 Å². The Morgan fingerprint density at radius 3 is 2.30 bits per heavy atom. The Morgan fingerprint density at radius 2 is 1.75 bits per heavy atom. The van der Waals surface area contributed by atoms with Crippen molar-refractivity contribution in [3.8, 4) is 0 Å². The molecule has 1 aliphatic carbocycles. The van der Waals surface area contributed by atoms with Crippen LogP contribution in [0.5, 0.6) is 0 Å². The second kappa shape index (κ2) is 8.43. The van der Waals surface area contributed by atoms with E-state index in [1.165, 1.54) is 19.3 Å². The van der Waals surface area contributed by atoms with Crippen LogP contribution >= 0.6 is 0 Å². The second-order valence-corrected chi connectivity index (χ2v) is 7.06. The molecule has 0 spiro atoms. The molecule has 1 fully saturated rings.